The molecule has 0 atom stereocenters. The standard InChI is InChI=1S/2C17H17.2ClH.Zr/c2*1-2-3-7-13-9-6-11-16-15-10-5-4-8-14(15)12-17(13)16;;;/h2*4-6,8-12H,2-3,7H2,1H3;2*1H;/q2*-1;;;+2. The molecule has 190 valence electrons. The summed E-state index contributed by atoms with van der Waals surface area (Å²) in [4.78, 5) is 0. The molecule has 0 bridgehead atoms. The maximum Gasteiger partial charge on any atom is 2.00 e. The summed E-state index contributed by atoms with van der Waals surface area (Å²) in [5.41, 5.74) is 8.72. The fraction of sp³-hybridized carbons (Fsp3) is 0.235. The zero-order chi connectivity index (χ0) is 23.3. The molecule has 0 nitrogen and oxygen atoms in total. The predicted octanol–water partition coefficient (Wildman–Crippen LogP) is 10.9. The molecule has 0 saturated carbocycles. The van der Waals surface area contributed by atoms with E-state index in [0.717, 1.165) is 0 Å². The topological polar surface area (TPSA) is 0 Å². The number of rotatable bonds is 6. The van der Waals surface area contributed by atoms with Gasteiger partial charge >= 0.3 is 26.2 Å². The molecule has 2 aromatic carbocycles. The molecular formula is C34H36Cl2Zr. The van der Waals surface area contributed by atoms with Crippen LogP contribution in [0.5, 0.6) is 0 Å². The van der Waals surface area contributed by atoms with Crippen LogP contribution in [0.2, 0.25) is 0 Å². The van der Waals surface area contributed by atoms with E-state index in [4.69, 9.17) is 0 Å². The summed E-state index contributed by atoms with van der Waals surface area (Å²) >= 11 is 0. The Bertz CT molecular complexity index is 1330. The van der Waals surface area contributed by atoms with Crippen molar-refractivity contribution in [3.05, 3.63) is 108 Å². The van der Waals surface area contributed by atoms with Gasteiger partial charge in [-0.3, -0.25) is 0 Å². The van der Waals surface area contributed by atoms with Crippen LogP contribution in [-0.2, 0) is 39.0 Å². The Kier molecular flexibility index (Phi) is 12.6. The summed E-state index contributed by atoms with van der Waals surface area (Å²) in [5, 5.41) is 5.51. The molecule has 4 aliphatic carbocycles. The van der Waals surface area contributed by atoms with Crippen LogP contribution in [0.3, 0.4) is 0 Å². The van der Waals surface area contributed by atoms with Crippen molar-refractivity contribution < 1.29 is 26.2 Å². The van der Waals surface area contributed by atoms with Gasteiger partial charge in [0.2, 0.25) is 0 Å². The van der Waals surface area contributed by atoms with Crippen molar-refractivity contribution in [2.45, 2.75) is 52.4 Å². The summed E-state index contributed by atoms with van der Waals surface area (Å²) in [7, 11) is 0. The maximum absolute atomic E-state index is 2.34. The SMILES string of the molecule is CCCC[c-]1cccc2c3ccccc3cc1-2.CCCC[c-]1cccc2c3ccccc3cc1-2.Cl.Cl.[Zr+2]. The minimum atomic E-state index is 0. The van der Waals surface area contributed by atoms with E-state index >= 15 is 0 Å². The first-order valence-corrected chi connectivity index (χ1v) is 12.9. The third-order valence-electron chi connectivity index (χ3n) is 7.09. The molecular weight excluding hydrogens is 571 g/mol. The Hall–Kier alpha value is -1.92. The fourth-order valence-corrected chi connectivity index (χ4v) is 5.25. The zero-order valence-electron chi connectivity index (χ0n) is 21.8. The van der Waals surface area contributed by atoms with Crippen molar-refractivity contribution in [1.82, 2.24) is 0 Å². The van der Waals surface area contributed by atoms with E-state index in [-0.39, 0.29) is 51.0 Å². The van der Waals surface area contributed by atoms with E-state index in [0.29, 0.717) is 0 Å². The number of hydrogen-bond acceptors (Lipinski definition) is 0. The van der Waals surface area contributed by atoms with Gasteiger partial charge in [0.25, 0.3) is 0 Å². The number of unbranched alkanes of at least 4 members (excludes halogenated alkanes) is 2. The summed E-state index contributed by atoms with van der Waals surface area (Å²) in [6, 6.07) is 35.5. The number of hydrogen-bond donors (Lipinski definition) is 0. The molecule has 3 heteroatoms. The Morgan fingerprint density at radius 2 is 0.946 bits per heavy atom. The minimum Gasteiger partial charge on any atom is -0.147 e. The first kappa shape index (κ1) is 31.3. The third-order valence-corrected chi connectivity index (χ3v) is 7.09. The van der Waals surface area contributed by atoms with Gasteiger partial charge < -0.3 is 0 Å². The van der Waals surface area contributed by atoms with Crippen LogP contribution < -0.4 is 0 Å². The van der Waals surface area contributed by atoms with Gasteiger partial charge in [-0.1, -0.05) is 122 Å². The van der Waals surface area contributed by atoms with Crippen LogP contribution in [0.4, 0.5) is 0 Å². The second kappa shape index (κ2) is 14.9. The van der Waals surface area contributed by atoms with E-state index in [1.807, 2.05) is 0 Å². The molecule has 0 saturated heterocycles. The molecule has 0 unspecified atom stereocenters. The number of benzene rings is 4. The van der Waals surface area contributed by atoms with Gasteiger partial charge in [0.15, 0.2) is 0 Å². The van der Waals surface area contributed by atoms with E-state index < -0.39 is 0 Å². The normalized spacial score (nSPS) is 10.4. The quantitative estimate of drug-likeness (QED) is 0.166. The Morgan fingerprint density at radius 3 is 1.35 bits per heavy atom. The van der Waals surface area contributed by atoms with Crippen LogP contribution in [-0.4, -0.2) is 0 Å². The second-order valence-corrected chi connectivity index (χ2v) is 9.43. The molecule has 0 N–H and O–H groups in total. The minimum absolute atomic E-state index is 0. The summed E-state index contributed by atoms with van der Waals surface area (Å²) in [6.07, 6.45) is 7.48. The molecule has 0 aromatic heterocycles. The second-order valence-electron chi connectivity index (χ2n) is 9.43. The average Bonchev–Trinajstić information content (AvgIpc) is 3.46. The Morgan fingerprint density at radius 1 is 0.541 bits per heavy atom. The van der Waals surface area contributed by atoms with Crippen molar-refractivity contribution in [2.75, 3.05) is 0 Å². The number of fused-ring (bicyclic) bond motifs is 6. The fourth-order valence-electron chi connectivity index (χ4n) is 5.25. The largest absolute Gasteiger partial charge is 2.00 e. The molecule has 37 heavy (non-hydrogen) atoms. The van der Waals surface area contributed by atoms with Crippen LogP contribution in [0.1, 0.15) is 50.7 Å². The van der Waals surface area contributed by atoms with Crippen LogP contribution in [0.15, 0.2) is 97.1 Å². The molecule has 0 heterocycles. The number of halogens is 2. The van der Waals surface area contributed by atoms with E-state index in [1.165, 1.54) is 93.5 Å². The third kappa shape index (κ3) is 6.75. The van der Waals surface area contributed by atoms with Crippen LogP contribution >= 0.6 is 24.8 Å². The van der Waals surface area contributed by atoms with Crippen molar-refractivity contribution in [3.8, 4) is 22.3 Å². The van der Waals surface area contributed by atoms with Crippen molar-refractivity contribution in [1.29, 1.82) is 0 Å². The van der Waals surface area contributed by atoms with Gasteiger partial charge in [-0.15, -0.1) is 107 Å². The Balaban J connectivity index is 0.000000241. The summed E-state index contributed by atoms with van der Waals surface area (Å²) < 4.78 is 0. The van der Waals surface area contributed by atoms with Gasteiger partial charge in [0, 0.05) is 0 Å². The van der Waals surface area contributed by atoms with Gasteiger partial charge in [-0.25, -0.2) is 0 Å². The molecule has 0 aliphatic heterocycles. The van der Waals surface area contributed by atoms with Gasteiger partial charge in [-0.05, 0) is 0 Å². The van der Waals surface area contributed by atoms with Gasteiger partial charge in [0.1, 0.15) is 0 Å². The molecule has 2 aromatic rings. The molecule has 0 spiro atoms. The van der Waals surface area contributed by atoms with Crippen molar-refractivity contribution in [3.63, 3.8) is 0 Å². The predicted molar refractivity (Wildman–Crippen MR) is 164 cm³/mol. The first-order valence-electron chi connectivity index (χ1n) is 12.9. The smallest absolute Gasteiger partial charge is 0.147 e. The summed E-state index contributed by atoms with van der Waals surface area (Å²) in [6.45, 7) is 4.50. The van der Waals surface area contributed by atoms with Gasteiger partial charge in [0.05, 0.1) is 0 Å². The van der Waals surface area contributed by atoms with Crippen LogP contribution in [0.25, 0.3) is 43.8 Å². The molecule has 0 amide bonds. The molecule has 0 fully saturated rings. The Labute approximate surface area is 253 Å². The molecule has 6 rings (SSSR count). The van der Waals surface area contributed by atoms with Crippen LogP contribution in [0, 0.1) is 0 Å². The molecule has 4 aliphatic rings. The van der Waals surface area contributed by atoms with Gasteiger partial charge in [-0.2, -0.15) is 0 Å². The van der Waals surface area contributed by atoms with E-state index in [9.17, 15) is 0 Å². The number of aryl methyl sites for hydroxylation is 2. The molecule has 0 radical (unpaired) electrons. The maximum atomic E-state index is 2.34. The van der Waals surface area contributed by atoms with Crippen molar-refractivity contribution in [2.24, 2.45) is 0 Å². The van der Waals surface area contributed by atoms with Crippen molar-refractivity contribution >= 4 is 46.4 Å². The van der Waals surface area contributed by atoms with E-state index in [2.05, 4.69) is 111 Å². The monoisotopic (exact) mass is 604 g/mol. The first-order chi connectivity index (χ1) is 16.8. The zero-order valence-corrected chi connectivity index (χ0v) is 25.9. The average molecular weight is 607 g/mol. The van der Waals surface area contributed by atoms with E-state index in [1.54, 1.807) is 0 Å². The summed E-state index contributed by atoms with van der Waals surface area (Å²) in [5.74, 6) is 0.